The topological polar surface area (TPSA) is 97.1 Å². The summed E-state index contributed by atoms with van der Waals surface area (Å²) in [5, 5.41) is 7.63. The summed E-state index contributed by atoms with van der Waals surface area (Å²) in [6.07, 6.45) is 0. The Bertz CT molecular complexity index is 770. The molecule has 2 aromatic rings. The third kappa shape index (κ3) is 5.11. The number of hydrogen-bond acceptors (Lipinski definition) is 5. The van der Waals surface area contributed by atoms with Gasteiger partial charge in [-0.15, -0.1) is 11.3 Å². The second-order valence-electron chi connectivity index (χ2n) is 6.37. The Morgan fingerprint density at radius 3 is 2.60 bits per heavy atom. The summed E-state index contributed by atoms with van der Waals surface area (Å²) in [7, 11) is 0. The van der Waals surface area contributed by atoms with Gasteiger partial charge in [0, 0.05) is 10.9 Å². The highest BCUT2D eigenvalue weighted by atomic mass is 32.1. The summed E-state index contributed by atoms with van der Waals surface area (Å²) in [6.45, 7) is 7.70. The van der Waals surface area contributed by atoms with E-state index < -0.39 is 6.04 Å². The molecule has 0 aliphatic heterocycles. The van der Waals surface area contributed by atoms with Gasteiger partial charge in [0.1, 0.15) is 0 Å². The highest BCUT2D eigenvalue weighted by Crippen LogP contribution is 2.26. The molecule has 1 atom stereocenters. The van der Waals surface area contributed by atoms with Crippen molar-refractivity contribution in [2.75, 3.05) is 11.9 Å². The van der Waals surface area contributed by atoms with Gasteiger partial charge in [0.2, 0.25) is 11.8 Å². The Kier molecular flexibility index (Phi) is 6.27. The van der Waals surface area contributed by atoms with Crippen LogP contribution >= 0.6 is 11.3 Å². The lowest BCUT2D eigenvalue weighted by atomic mass is 10.1. The van der Waals surface area contributed by atoms with E-state index >= 15 is 0 Å². The van der Waals surface area contributed by atoms with Gasteiger partial charge < -0.3 is 16.4 Å². The zero-order valence-electron chi connectivity index (χ0n) is 14.9. The van der Waals surface area contributed by atoms with Crippen molar-refractivity contribution in [1.29, 1.82) is 0 Å². The molecule has 134 valence electrons. The molecule has 0 radical (unpaired) electrons. The first-order valence-electron chi connectivity index (χ1n) is 8.14. The molecule has 0 aliphatic rings. The number of nitrogens with one attached hydrogen (secondary N) is 2. The standard InChI is InChI=1S/C18H24N4O2S/c1-10(2)16(19)17(24)20-8-15(23)22-18-21-14(9-25-18)13-6-5-11(3)12(4)7-13/h5-7,9-10,16H,8,19H2,1-4H3,(H,20,24)(H,21,22,23)/t16-/m0/s1. The molecule has 2 amide bonds. The Balaban J connectivity index is 1.93. The van der Waals surface area contributed by atoms with E-state index in [1.165, 1.54) is 22.5 Å². The summed E-state index contributed by atoms with van der Waals surface area (Å²) < 4.78 is 0. The number of carbonyl (C=O) groups excluding carboxylic acids is 2. The van der Waals surface area contributed by atoms with Crippen molar-refractivity contribution in [3.05, 3.63) is 34.7 Å². The van der Waals surface area contributed by atoms with E-state index in [-0.39, 0.29) is 24.3 Å². The summed E-state index contributed by atoms with van der Waals surface area (Å²) in [4.78, 5) is 28.1. The predicted octanol–water partition coefficient (Wildman–Crippen LogP) is 2.46. The molecule has 1 aromatic carbocycles. The number of nitrogens with two attached hydrogens (primary N) is 1. The smallest absolute Gasteiger partial charge is 0.245 e. The number of anilines is 1. The van der Waals surface area contributed by atoms with Gasteiger partial charge >= 0.3 is 0 Å². The molecule has 2 rings (SSSR count). The van der Waals surface area contributed by atoms with Crippen LogP contribution in [0.2, 0.25) is 0 Å². The largest absolute Gasteiger partial charge is 0.346 e. The summed E-state index contributed by atoms with van der Waals surface area (Å²) >= 11 is 1.35. The molecular formula is C18H24N4O2S. The van der Waals surface area contributed by atoms with Crippen LogP contribution in [0.4, 0.5) is 5.13 Å². The SMILES string of the molecule is Cc1ccc(-c2csc(NC(=O)CNC(=O)[C@@H](N)C(C)C)n2)cc1C. The van der Waals surface area contributed by atoms with Crippen LogP contribution in [0, 0.1) is 19.8 Å². The lowest BCUT2D eigenvalue weighted by molar-refractivity contribution is -0.125. The van der Waals surface area contributed by atoms with Crippen molar-refractivity contribution in [2.45, 2.75) is 33.7 Å². The number of aryl methyl sites for hydroxylation is 2. The molecule has 4 N–H and O–H groups in total. The van der Waals surface area contributed by atoms with E-state index in [1.807, 2.05) is 25.3 Å². The normalized spacial score (nSPS) is 12.1. The van der Waals surface area contributed by atoms with Gasteiger partial charge in [0.25, 0.3) is 0 Å². The van der Waals surface area contributed by atoms with Gasteiger partial charge in [-0.25, -0.2) is 4.98 Å². The maximum Gasteiger partial charge on any atom is 0.245 e. The van der Waals surface area contributed by atoms with E-state index in [2.05, 4.69) is 41.6 Å². The van der Waals surface area contributed by atoms with E-state index in [4.69, 9.17) is 5.73 Å². The third-order valence-corrected chi connectivity index (χ3v) is 4.76. The second kappa shape index (κ2) is 8.22. The van der Waals surface area contributed by atoms with E-state index in [1.54, 1.807) is 0 Å². The Labute approximate surface area is 151 Å². The Hall–Kier alpha value is -2.25. The minimum absolute atomic E-state index is 0.0162. The number of carbonyl (C=O) groups is 2. The van der Waals surface area contributed by atoms with Gasteiger partial charge in [-0.2, -0.15) is 0 Å². The minimum atomic E-state index is -0.621. The van der Waals surface area contributed by atoms with E-state index in [0.29, 0.717) is 5.13 Å². The number of nitrogens with zero attached hydrogens (tertiary/aromatic N) is 1. The highest BCUT2D eigenvalue weighted by molar-refractivity contribution is 7.14. The fourth-order valence-electron chi connectivity index (χ4n) is 2.12. The molecule has 0 aliphatic carbocycles. The number of thiazole rings is 1. The first kappa shape index (κ1) is 19.1. The van der Waals surface area contributed by atoms with Crippen LogP contribution in [0.3, 0.4) is 0 Å². The summed E-state index contributed by atoms with van der Waals surface area (Å²) in [6, 6.07) is 5.51. The van der Waals surface area contributed by atoms with Crippen molar-refractivity contribution in [2.24, 2.45) is 11.7 Å². The lowest BCUT2D eigenvalue weighted by Crippen LogP contribution is -2.46. The zero-order valence-corrected chi connectivity index (χ0v) is 15.7. The maximum absolute atomic E-state index is 12.0. The molecular weight excluding hydrogens is 336 g/mol. The molecule has 0 spiro atoms. The van der Waals surface area contributed by atoms with Crippen LogP contribution in [-0.4, -0.2) is 29.4 Å². The first-order chi connectivity index (χ1) is 11.8. The molecule has 1 heterocycles. The average molecular weight is 360 g/mol. The van der Waals surface area contributed by atoms with Crippen LogP contribution < -0.4 is 16.4 Å². The molecule has 7 heteroatoms. The van der Waals surface area contributed by atoms with Crippen molar-refractivity contribution >= 4 is 28.3 Å². The van der Waals surface area contributed by atoms with Gasteiger partial charge in [-0.3, -0.25) is 9.59 Å². The zero-order chi connectivity index (χ0) is 18.6. The number of benzene rings is 1. The van der Waals surface area contributed by atoms with E-state index in [0.717, 1.165) is 11.3 Å². The van der Waals surface area contributed by atoms with Crippen LogP contribution in [0.15, 0.2) is 23.6 Å². The summed E-state index contributed by atoms with van der Waals surface area (Å²) in [5.41, 5.74) is 9.98. The molecule has 1 aromatic heterocycles. The molecule has 0 saturated carbocycles. The van der Waals surface area contributed by atoms with Crippen molar-refractivity contribution < 1.29 is 9.59 Å². The predicted molar refractivity (Wildman–Crippen MR) is 101 cm³/mol. The van der Waals surface area contributed by atoms with Crippen LogP contribution in [0.5, 0.6) is 0 Å². The Morgan fingerprint density at radius 2 is 1.96 bits per heavy atom. The van der Waals surface area contributed by atoms with Crippen molar-refractivity contribution in [1.82, 2.24) is 10.3 Å². The number of rotatable bonds is 6. The fourth-order valence-corrected chi connectivity index (χ4v) is 2.85. The molecule has 0 unspecified atom stereocenters. The van der Waals surface area contributed by atoms with Gasteiger partial charge in [0.15, 0.2) is 5.13 Å². The number of amides is 2. The first-order valence-corrected chi connectivity index (χ1v) is 9.02. The molecule has 0 bridgehead atoms. The quantitative estimate of drug-likeness (QED) is 0.737. The molecule has 0 saturated heterocycles. The minimum Gasteiger partial charge on any atom is -0.346 e. The third-order valence-electron chi connectivity index (χ3n) is 4.00. The second-order valence-corrected chi connectivity index (χ2v) is 7.23. The summed E-state index contributed by atoms with van der Waals surface area (Å²) in [5.74, 6) is -0.645. The molecule has 6 nitrogen and oxygen atoms in total. The van der Waals surface area contributed by atoms with Crippen LogP contribution in [-0.2, 0) is 9.59 Å². The monoisotopic (exact) mass is 360 g/mol. The van der Waals surface area contributed by atoms with Crippen LogP contribution in [0.25, 0.3) is 11.3 Å². The van der Waals surface area contributed by atoms with E-state index in [9.17, 15) is 9.59 Å². The average Bonchev–Trinajstić information content (AvgIpc) is 3.02. The van der Waals surface area contributed by atoms with Crippen LogP contribution in [0.1, 0.15) is 25.0 Å². The van der Waals surface area contributed by atoms with Gasteiger partial charge in [-0.1, -0.05) is 26.0 Å². The van der Waals surface area contributed by atoms with Crippen molar-refractivity contribution in [3.8, 4) is 11.3 Å². The van der Waals surface area contributed by atoms with Gasteiger partial charge in [0.05, 0.1) is 18.3 Å². The Morgan fingerprint density at radius 1 is 1.24 bits per heavy atom. The number of hydrogen-bond donors (Lipinski definition) is 3. The highest BCUT2D eigenvalue weighted by Gasteiger charge is 2.18. The molecule has 25 heavy (non-hydrogen) atoms. The van der Waals surface area contributed by atoms with Crippen molar-refractivity contribution in [3.63, 3.8) is 0 Å². The number of aromatic nitrogens is 1. The fraction of sp³-hybridized carbons (Fsp3) is 0.389. The molecule has 0 fully saturated rings. The van der Waals surface area contributed by atoms with Gasteiger partial charge in [-0.05, 0) is 37.0 Å². The maximum atomic E-state index is 12.0. The lowest BCUT2D eigenvalue weighted by Gasteiger charge is -2.14.